The lowest BCUT2D eigenvalue weighted by molar-refractivity contribution is 0.0750. The van der Waals surface area contributed by atoms with Crippen LogP contribution in [0.2, 0.25) is 0 Å². The molecule has 1 aliphatic rings. The Labute approximate surface area is 93.0 Å². The molecule has 1 rings (SSSR count). The lowest BCUT2D eigenvalue weighted by Crippen LogP contribution is -1.98. The van der Waals surface area contributed by atoms with Crippen LogP contribution >= 0.6 is 0 Å². The van der Waals surface area contributed by atoms with Crippen molar-refractivity contribution in [1.82, 2.24) is 0 Å². The molecular weight excluding hydrogens is 188 g/mol. The van der Waals surface area contributed by atoms with Crippen molar-refractivity contribution in [2.24, 2.45) is 11.8 Å². The Morgan fingerprint density at radius 1 is 1.27 bits per heavy atom. The van der Waals surface area contributed by atoms with Gasteiger partial charge in [0.05, 0.1) is 0 Å². The number of hydrogen-bond donors (Lipinski definition) is 0. The summed E-state index contributed by atoms with van der Waals surface area (Å²) in [5.74, 6) is 3.29. The van der Waals surface area contributed by atoms with Crippen molar-refractivity contribution >= 4 is 0 Å². The first-order valence-electron chi connectivity index (χ1n) is 5.72. The SMILES string of the molecule is CC1=C(/C=C\CC(C)CC(C)C)OCO1. The van der Waals surface area contributed by atoms with Gasteiger partial charge in [0, 0.05) is 0 Å². The fourth-order valence-electron chi connectivity index (χ4n) is 1.83. The van der Waals surface area contributed by atoms with Crippen LogP contribution in [0.1, 0.15) is 40.5 Å². The average Bonchev–Trinajstić information content (AvgIpc) is 2.50. The molecule has 86 valence electrons. The van der Waals surface area contributed by atoms with Crippen LogP contribution in [0.25, 0.3) is 0 Å². The molecule has 0 fully saturated rings. The molecule has 0 amide bonds. The lowest BCUT2D eigenvalue weighted by Gasteiger charge is -2.10. The standard InChI is InChI=1S/C13H22O2/c1-10(2)8-11(3)6-5-7-13-12(4)14-9-15-13/h5,7,10-11H,6,8-9H2,1-4H3/b7-5-. The van der Waals surface area contributed by atoms with E-state index in [-0.39, 0.29) is 0 Å². The Morgan fingerprint density at radius 3 is 2.53 bits per heavy atom. The van der Waals surface area contributed by atoms with Gasteiger partial charge in [0.25, 0.3) is 0 Å². The van der Waals surface area contributed by atoms with Crippen LogP contribution < -0.4 is 0 Å². The van der Waals surface area contributed by atoms with Crippen LogP contribution in [0.5, 0.6) is 0 Å². The highest BCUT2D eigenvalue weighted by Gasteiger charge is 2.09. The van der Waals surface area contributed by atoms with Gasteiger partial charge in [0.1, 0.15) is 5.76 Å². The van der Waals surface area contributed by atoms with E-state index in [0.29, 0.717) is 6.79 Å². The Hall–Kier alpha value is -0.920. The summed E-state index contributed by atoms with van der Waals surface area (Å²) in [6.07, 6.45) is 6.60. The fourth-order valence-corrected chi connectivity index (χ4v) is 1.83. The normalized spacial score (nSPS) is 18.5. The van der Waals surface area contributed by atoms with E-state index < -0.39 is 0 Å². The van der Waals surface area contributed by atoms with Gasteiger partial charge >= 0.3 is 0 Å². The Kier molecular flexibility index (Phi) is 4.73. The van der Waals surface area contributed by atoms with Crippen LogP contribution in [0.3, 0.4) is 0 Å². The molecule has 1 heterocycles. The summed E-state index contributed by atoms with van der Waals surface area (Å²) in [7, 11) is 0. The van der Waals surface area contributed by atoms with E-state index in [4.69, 9.17) is 9.47 Å². The smallest absolute Gasteiger partial charge is 0.230 e. The predicted molar refractivity (Wildman–Crippen MR) is 62.1 cm³/mol. The maximum atomic E-state index is 5.30. The largest absolute Gasteiger partial charge is 0.458 e. The third-order valence-electron chi connectivity index (χ3n) is 2.52. The van der Waals surface area contributed by atoms with E-state index in [1.54, 1.807) is 0 Å². The van der Waals surface area contributed by atoms with Gasteiger partial charge in [-0.15, -0.1) is 0 Å². The van der Waals surface area contributed by atoms with Crippen molar-refractivity contribution < 1.29 is 9.47 Å². The third kappa shape index (κ3) is 4.41. The fraction of sp³-hybridized carbons (Fsp3) is 0.692. The monoisotopic (exact) mass is 210 g/mol. The van der Waals surface area contributed by atoms with Crippen LogP contribution in [0.15, 0.2) is 23.7 Å². The third-order valence-corrected chi connectivity index (χ3v) is 2.52. The van der Waals surface area contributed by atoms with E-state index in [0.717, 1.165) is 29.8 Å². The zero-order chi connectivity index (χ0) is 11.3. The summed E-state index contributed by atoms with van der Waals surface area (Å²) in [6.45, 7) is 9.12. The molecule has 15 heavy (non-hydrogen) atoms. The molecule has 0 aliphatic carbocycles. The molecule has 0 saturated carbocycles. The van der Waals surface area contributed by atoms with Gasteiger partial charge in [0.2, 0.25) is 6.79 Å². The highest BCUT2D eigenvalue weighted by Crippen LogP contribution is 2.19. The van der Waals surface area contributed by atoms with Gasteiger partial charge in [-0.25, -0.2) is 0 Å². The van der Waals surface area contributed by atoms with Gasteiger partial charge in [-0.05, 0) is 37.7 Å². The molecule has 0 saturated heterocycles. The first-order chi connectivity index (χ1) is 7.09. The summed E-state index contributed by atoms with van der Waals surface area (Å²) < 4.78 is 10.5. The molecule has 2 nitrogen and oxygen atoms in total. The topological polar surface area (TPSA) is 18.5 Å². The Balaban J connectivity index is 2.30. The molecular formula is C13H22O2. The van der Waals surface area contributed by atoms with Crippen molar-refractivity contribution in [3.05, 3.63) is 23.7 Å². The highest BCUT2D eigenvalue weighted by molar-refractivity contribution is 5.16. The number of allylic oxidation sites excluding steroid dienone is 3. The predicted octanol–water partition coefficient (Wildman–Crippen LogP) is 3.85. The van der Waals surface area contributed by atoms with Crippen molar-refractivity contribution in [2.45, 2.75) is 40.5 Å². The van der Waals surface area contributed by atoms with Crippen LogP contribution in [0, 0.1) is 11.8 Å². The molecule has 0 bridgehead atoms. The molecule has 1 atom stereocenters. The minimum absolute atomic E-state index is 0.368. The zero-order valence-corrected chi connectivity index (χ0v) is 10.2. The van der Waals surface area contributed by atoms with E-state index in [1.807, 2.05) is 13.0 Å². The molecule has 0 spiro atoms. The molecule has 0 aromatic rings. The van der Waals surface area contributed by atoms with Gasteiger partial charge in [0.15, 0.2) is 5.76 Å². The lowest BCUT2D eigenvalue weighted by atomic mass is 9.96. The molecule has 1 unspecified atom stereocenters. The summed E-state index contributed by atoms with van der Waals surface area (Å²) in [6, 6.07) is 0. The second-order valence-corrected chi connectivity index (χ2v) is 4.70. The van der Waals surface area contributed by atoms with E-state index in [1.165, 1.54) is 6.42 Å². The van der Waals surface area contributed by atoms with Gasteiger partial charge in [-0.3, -0.25) is 0 Å². The van der Waals surface area contributed by atoms with Crippen LogP contribution in [-0.4, -0.2) is 6.79 Å². The van der Waals surface area contributed by atoms with Gasteiger partial charge < -0.3 is 9.47 Å². The maximum Gasteiger partial charge on any atom is 0.230 e. The second-order valence-electron chi connectivity index (χ2n) is 4.70. The molecule has 0 aromatic carbocycles. The molecule has 0 radical (unpaired) electrons. The van der Waals surface area contributed by atoms with Crippen molar-refractivity contribution in [3.63, 3.8) is 0 Å². The second kappa shape index (κ2) is 5.84. The summed E-state index contributed by atoms with van der Waals surface area (Å²) in [5.41, 5.74) is 0. The number of ether oxygens (including phenoxy) is 2. The average molecular weight is 210 g/mol. The molecule has 2 heteroatoms. The van der Waals surface area contributed by atoms with E-state index >= 15 is 0 Å². The van der Waals surface area contributed by atoms with E-state index in [9.17, 15) is 0 Å². The van der Waals surface area contributed by atoms with E-state index in [2.05, 4.69) is 26.8 Å². The molecule has 0 aromatic heterocycles. The number of hydrogen-bond acceptors (Lipinski definition) is 2. The van der Waals surface area contributed by atoms with Gasteiger partial charge in [-0.2, -0.15) is 0 Å². The maximum absolute atomic E-state index is 5.30. The van der Waals surface area contributed by atoms with Crippen molar-refractivity contribution in [2.75, 3.05) is 6.79 Å². The van der Waals surface area contributed by atoms with Crippen molar-refractivity contribution in [3.8, 4) is 0 Å². The summed E-state index contributed by atoms with van der Waals surface area (Å²) >= 11 is 0. The van der Waals surface area contributed by atoms with Crippen LogP contribution in [0.4, 0.5) is 0 Å². The van der Waals surface area contributed by atoms with Crippen LogP contribution in [-0.2, 0) is 9.47 Å². The number of rotatable bonds is 5. The van der Waals surface area contributed by atoms with Gasteiger partial charge in [-0.1, -0.05) is 26.8 Å². The first-order valence-corrected chi connectivity index (χ1v) is 5.72. The highest BCUT2D eigenvalue weighted by atomic mass is 16.7. The quantitative estimate of drug-likeness (QED) is 0.686. The first kappa shape index (κ1) is 12.2. The Morgan fingerprint density at radius 2 is 2.00 bits per heavy atom. The minimum atomic E-state index is 0.368. The molecule has 0 N–H and O–H groups in total. The zero-order valence-electron chi connectivity index (χ0n) is 10.2. The summed E-state index contributed by atoms with van der Waals surface area (Å²) in [5, 5.41) is 0. The minimum Gasteiger partial charge on any atom is -0.458 e. The summed E-state index contributed by atoms with van der Waals surface area (Å²) in [4.78, 5) is 0. The Bertz CT molecular complexity index is 251. The van der Waals surface area contributed by atoms with Crippen molar-refractivity contribution in [1.29, 1.82) is 0 Å². The molecule has 1 aliphatic heterocycles.